The van der Waals surface area contributed by atoms with E-state index < -0.39 is 6.03 Å². The Morgan fingerprint density at radius 1 is 1.15 bits per heavy atom. The van der Waals surface area contributed by atoms with E-state index in [0.717, 1.165) is 25.9 Å². The monoisotopic (exact) mass is 380 g/mol. The summed E-state index contributed by atoms with van der Waals surface area (Å²) in [7, 11) is 0. The first-order chi connectivity index (χ1) is 12.4. The summed E-state index contributed by atoms with van der Waals surface area (Å²) in [6, 6.07) is 4.17. The average Bonchev–Trinajstić information content (AvgIpc) is 3.12. The second-order valence-electron chi connectivity index (χ2n) is 6.69. The maximum absolute atomic E-state index is 12.1. The van der Waals surface area contributed by atoms with Gasteiger partial charge >= 0.3 is 6.03 Å². The fraction of sp³-hybridized carbons (Fsp3) is 0.500. The van der Waals surface area contributed by atoms with Gasteiger partial charge in [-0.15, -0.1) is 0 Å². The maximum atomic E-state index is 12.1. The zero-order chi connectivity index (χ0) is 19.1. The Morgan fingerprint density at radius 3 is 2.46 bits per heavy atom. The van der Waals surface area contributed by atoms with Gasteiger partial charge in [-0.25, -0.2) is 4.79 Å². The zero-order valence-electron chi connectivity index (χ0n) is 15.1. The number of amides is 4. The van der Waals surface area contributed by atoms with Crippen molar-refractivity contribution in [2.75, 3.05) is 31.5 Å². The zero-order valence-corrected chi connectivity index (χ0v) is 15.9. The van der Waals surface area contributed by atoms with E-state index >= 15 is 0 Å². The standard InChI is InChI=1S/C18H25ClN4O3/c1-12(2)10-20-17(25)14-6-5-13(9-15(14)19)22-18(26)21-11-16(24)23-7-3-4-8-23/h5-6,9,12H,3-4,7-8,10-11H2,1-2H3,(H,20,25)(H2,21,22,26). The number of carbonyl (C=O) groups excluding carboxylic acids is 3. The summed E-state index contributed by atoms with van der Waals surface area (Å²) in [5, 5.41) is 8.18. The number of benzene rings is 1. The van der Waals surface area contributed by atoms with E-state index in [1.165, 1.54) is 6.07 Å². The Bertz CT molecular complexity index is 672. The van der Waals surface area contributed by atoms with Gasteiger partial charge in [0.2, 0.25) is 5.91 Å². The van der Waals surface area contributed by atoms with Crippen LogP contribution in [-0.4, -0.2) is 48.9 Å². The van der Waals surface area contributed by atoms with Gasteiger partial charge in [0.25, 0.3) is 5.91 Å². The van der Waals surface area contributed by atoms with Crippen LogP contribution < -0.4 is 16.0 Å². The first-order valence-electron chi connectivity index (χ1n) is 8.77. The molecule has 1 aliphatic heterocycles. The Kier molecular flexibility index (Phi) is 7.26. The molecular formula is C18H25ClN4O3. The fourth-order valence-electron chi connectivity index (χ4n) is 2.58. The molecule has 142 valence electrons. The van der Waals surface area contributed by atoms with E-state index in [-0.39, 0.29) is 23.4 Å². The molecule has 4 amide bonds. The number of nitrogens with one attached hydrogen (secondary N) is 3. The molecule has 0 aromatic heterocycles. The molecule has 2 rings (SSSR count). The van der Waals surface area contributed by atoms with Crippen molar-refractivity contribution in [3.05, 3.63) is 28.8 Å². The number of carbonyl (C=O) groups is 3. The van der Waals surface area contributed by atoms with Gasteiger partial charge in [0.1, 0.15) is 0 Å². The molecular weight excluding hydrogens is 356 g/mol. The van der Waals surface area contributed by atoms with Crippen LogP contribution in [0.5, 0.6) is 0 Å². The highest BCUT2D eigenvalue weighted by Gasteiger charge is 2.18. The summed E-state index contributed by atoms with van der Waals surface area (Å²) < 4.78 is 0. The highest BCUT2D eigenvalue weighted by molar-refractivity contribution is 6.34. The van der Waals surface area contributed by atoms with Crippen molar-refractivity contribution >= 4 is 35.1 Å². The highest BCUT2D eigenvalue weighted by Crippen LogP contribution is 2.21. The van der Waals surface area contributed by atoms with E-state index in [2.05, 4.69) is 16.0 Å². The first-order valence-corrected chi connectivity index (χ1v) is 9.15. The minimum Gasteiger partial charge on any atom is -0.352 e. The summed E-state index contributed by atoms with van der Waals surface area (Å²) in [6.45, 7) is 6.01. The lowest BCUT2D eigenvalue weighted by molar-refractivity contribution is -0.128. The summed E-state index contributed by atoms with van der Waals surface area (Å²) in [5.41, 5.74) is 0.795. The van der Waals surface area contributed by atoms with Crippen LogP contribution in [-0.2, 0) is 4.79 Å². The third-order valence-electron chi connectivity index (χ3n) is 4.00. The van der Waals surface area contributed by atoms with Crippen LogP contribution in [0.1, 0.15) is 37.0 Å². The number of anilines is 1. The van der Waals surface area contributed by atoms with Gasteiger partial charge in [-0.05, 0) is 37.0 Å². The Hall–Kier alpha value is -2.28. The molecule has 1 heterocycles. The second kappa shape index (κ2) is 9.43. The van der Waals surface area contributed by atoms with Gasteiger partial charge in [-0.3, -0.25) is 9.59 Å². The molecule has 1 aromatic rings. The minimum absolute atomic E-state index is 0.0464. The predicted molar refractivity (Wildman–Crippen MR) is 101 cm³/mol. The number of hydrogen-bond donors (Lipinski definition) is 3. The van der Waals surface area contributed by atoms with E-state index in [0.29, 0.717) is 23.7 Å². The van der Waals surface area contributed by atoms with E-state index in [1.54, 1.807) is 17.0 Å². The molecule has 0 aliphatic carbocycles. The second-order valence-corrected chi connectivity index (χ2v) is 7.10. The topological polar surface area (TPSA) is 90.5 Å². The largest absolute Gasteiger partial charge is 0.352 e. The van der Waals surface area contributed by atoms with E-state index in [9.17, 15) is 14.4 Å². The lowest BCUT2D eigenvalue weighted by atomic mass is 10.1. The molecule has 0 radical (unpaired) electrons. The molecule has 1 fully saturated rings. The number of rotatable bonds is 6. The van der Waals surface area contributed by atoms with Gasteiger partial charge < -0.3 is 20.9 Å². The quantitative estimate of drug-likeness (QED) is 0.708. The Morgan fingerprint density at radius 2 is 1.85 bits per heavy atom. The summed E-state index contributed by atoms with van der Waals surface area (Å²) in [4.78, 5) is 37.6. The third-order valence-corrected chi connectivity index (χ3v) is 4.31. The Balaban J connectivity index is 1.85. The molecule has 1 aliphatic rings. The van der Waals surface area contributed by atoms with Crippen LogP contribution in [0, 0.1) is 5.92 Å². The molecule has 3 N–H and O–H groups in total. The van der Waals surface area contributed by atoms with Gasteiger partial charge in [-0.2, -0.15) is 0 Å². The average molecular weight is 381 g/mol. The van der Waals surface area contributed by atoms with E-state index in [1.807, 2.05) is 13.8 Å². The Labute approximate surface area is 158 Å². The molecule has 8 heteroatoms. The van der Waals surface area contributed by atoms with Gasteiger partial charge in [0, 0.05) is 25.3 Å². The molecule has 1 aromatic carbocycles. The van der Waals surface area contributed by atoms with Crippen molar-refractivity contribution < 1.29 is 14.4 Å². The fourth-order valence-corrected chi connectivity index (χ4v) is 2.84. The minimum atomic E-state index is -0.495. The van der Waals surface area contributed by atoms with Crippen molar-refractivity contribution in [3.63, 3.8) is 0 Å². The summed E-state index contributed by atoms with van der Waals surface area (Å²) >= 11 is 6.14. The third kappa shape index (κ3) is 5.91. The molecule has 7 nitrogen and oxygen atoms in total. The molecule has 0 saturated carbocycles. The number of nitrogens with zero attached hydrogens (tertiary/aromatic N) is 1. The van der Waals surface area contributed by atoms with E-state index in [4.69, 9.17) is 11.6 Å². The lowest BCUT2D eigenvalue weighted by Crippen LogP contribution is -2.40. The van der Waals surface area contributed by atoms with Crippen LogP contribution in [0.4, 0.5) is 10.5 Å². The molecule has 0 spiro atoms. The predicted octanol–water partition coefficient (Wildman–Crippen LogP) is 2.47. The van der Waals surface area contributed by atoms with Crippen LogP contribution in [0.25, 0.3) is 0 Å². The van der Waals surface area contributed by atoms with Crippen LogP contribution in [0.3, 0.4) is 0 Å². The van der Waals surface area contributed by atoms with Crippen molar-refractivity contribution in [1.82, 2.24) is 15.5 Å². The highest BCUT2D eigenvalue weighted by atomic mass is 35.5. The van der Waals surface area contributed by atoms with Crippen molar-refractivity contribution in [2.45, 2.75) is 26.7 Å². The molecule has 0 atom stereocenters. The van der Waals surface area contributed by atoms with Gasteiger partial charge in [0.15, 0.2) is 0 Å². The first kappa shape index (κ1) is 20.0. The van der Waals surface area contributed by atoms with Crippen LogP contribution in [0.15, 0.2) is 18.2 Å². The SMILES string of the molecule is CC(C)CNC(=O)c1ccc(NC(=O)NCC(=O)N2CCCC2)cc1Cl. The van der Waals surface area contributed by atoms with Gasteiger partial charge in [0.05, 0.1) is 17.1 Å². The number of urea groups is 1. The number of hydrogen-bond acceptors (Lipinski definition) is 3. The molecule has 0 bridgehead atoms. The number of likely N-dealkylation sites (tertiary alicyclic amines) is 1. The number of halogens is 1. The smallest absolute Gasteiger partial charge is 0.319 e. The van der Waals surface area contributed by atoms with Crippen molar-refractivity contribution in [1.29, 1.82) is 0 Å². The van der Waals surface area contributed by atoms with Crippen molar-refractivity contribution in [3.8, 4) is 0 Å². The van der Waals surface area contributed by atoms with Crippen molar-refractivity contribution in [2.24, 2.45) is 5.92 Å². The maximum Gasteiger partial charge on any atom is 0.319 e. The lowest BCUT2D eigenvalue weighted by Gasteiger charge is -2.15. The summed E-state index contributed by atoms with van der Waals surface area (Å²) in [6.07, 6.45) is 2.01. The van der Waals surface area contributed by atoms with Crippen LogP contribution in [0.2, 0.25) is 5.02 Å². The van der Waals surface area contributed by atoms with Crippen LogP contribution >= 0.6 is 11.6 Å². The van der Waals surface area contributed by atoms with Gasteiger partial charge in [-0.1, -0.05) is 25.4 Å². The molecule has 1 saturated heterocycles. The normalized spacial score (nSPS) is 13.6. The summed E-state index contributed by atoms with van der Waals surface area (Å²) in [5.74, 6) is -0.00519. The molecule has 26 heavy (non-hydrogen) atoms. The molecule has 0 unspecified atom stereocenters.